The standard InChI is InChI=1S/C18H13N3O/c1-22-16-6-2-5-14(20-16)15-10-9-13-8-7-12-4-3-11-19-17(12)18(13)21-15/h2-11H,1H3. The fourth-order valence-electron chi connectivity index (χ4n) is 2.54. The molecule has 106 valence electrons. The summed E-state index contributed by atoms with van der Waals surface area (Å²) in [7, 11) is 1.61. The van der Waals surface area contributed by atoms with E-state index in [4.69, 9.17) is 9.72 Å². The maximum absolute atomic E-state index is 5.18. The lowest BCUT2D eigenvalue weighted by Gasteiger charge is -2.06. The summed E-state index contributed by atoms with van der Waals surface area (Å²) in [5, 5.41) is 2.15. The summed E-state index contributed by atoms with van der Waals surface area (Å²) in [6, 6.07) is 17.8. The molecular weight excluding hydrogens is 274 g/mol. The van der Waals surface area contributed by atoms with E-state index in [9.17, 15) is 0 Å². The van der Waals surface area contributed by atoms with Crippen LogP contribution in [0.1, 0.15) is 0 Å². The molecule has 4 heteroatoms. The van der Waals surface area contributed by atoms with Crippen molar-refractivity contribution < 1.29 is 4.74 Å². The van der Waals surface area contributed by atoms with Crippen LogP contribution in [-0.2, 0) is 0 Å². The van der Waals surface area contributed by atoms with Crippen LogP contribution >= 0.6 is 0 Å². The first-order valence-corrected chi connectivity index (χ1v) is 7.01. The number of methoxy groups -OCH3 is 1. The molecule has 4 rings (SSSR count). The van der Waals surface area contributed by atoms with E-state index in [1.807, 2.05) is 42.5 Å². The first-order chi connectivity index (χ1) is 10.8. The minimum Gasteiger partial charge on any atom is -0.481 e. The fraction of sp³-hybridized carbons (Fsp3) is 0.0556. The van der Waals surface area contributed by atoms with E-state index in [2.05, 4.69) is 22.1 Å². The Hall–Kier alpha value is -3.01. The quantitative estimate of drug-likeness (QED) is 0.525. The second-order valence-electron chi connectivity index (χ2n) is 4.97. The molecule has 3 heterocycles. The first-order valence-electron chi connectivity index (χ1n) is 7.01. The Morgan fingerprint density at radius 1 is 0.727 bits per heavy atom. The Balaban J connectivity index is 1.97. The first kappa shape index (κ1) is 12.7. The lowest BCUT2D eigenvalue weighted by molar-refractivity contribution is 0.398. The van der Waals surface area contributed by atoms with Gasteiger partial charge in [-0.1, -0.05) is 30.3 Å². The SMILES string of the molecule is COc1cccc(-c2ccc3ccc4cccnc4c3n2)n1. The Kier molecular flexibility index (Phi) is 2.93. The largest absolute Gasteiger partial charge is 0.481 e. The Morgan fingerprint density at radius 2 is 1.50 bits per heavy atom. The zero-order chi connectivity index (χ0) is 14.9. The maximum atomic E-state index is 5.18. The molecule has 0 saturated carbocycles. The number of pyridine rings is 3. The minimum absolute atomic E-state index is 0.579. The highest BCUT2D eigenvalue weighted by Gasteiger charge is 2.07. The van der Waals surface area contributed by atoms with Gasteiger partial charge in [-0.25, -0.2) is 9.97 Å². The van der Waals surface area contributed by atoms with Crippen LogP contribution in [-0.4, -0.2) is 22.1 Å². The van der Waals surface area contributed by atoms with Crippen LogP contribution in [0.25, 0.3) is 33.2 Å². The molecule has 0 spiro atoms. The Morgan fingerprint density at radius 3 is 2.36 bits per heavy atom. The van der Waals surface area contributed by atoms with Gasteiger partial charge in [-0.3, -0.25) is 4.98 Å². The van der Waals surface area contributed by atoms with Crippen molar-refractivity contribution in [1.82, 2.24) is 15.0 Å². The maximum Gasteiger partial charge on any atom is 0.213 e. The van der Waals surface area contributed by atoms with E-state index in [0.717, 1.165) is 33.2 Å². The zero-order valence-corrected chi connectivity index (χ0v) is 12.0. The highest BCUT2D eigenvalue weighted by molar-refractivity contribution is 6.03. The van der Waals surface area contributed by atoms with Crippen LogP contribution in [0, 0.1) is 0 Å². The normalized spacial score (nSPS) is 11.0. The van der Waals surface area contributed by atoms with Crippen molar-refractivity contribution in [1.29, 1.82) is 0 Å². The van der Waals surface area contributed by atoms with Crippen LogP contribution in [0.2, 0.25) is 0 Å². The summed E-state index contributed by atoms with van der Waals surface area (Å²) in [6.45, 7) is 0. The summed E-state index contributed by atoms with van der Waals surface area (Å²) >= 11 is 0. The van der Waals surface area contributed by atoms with Crippen molar-refractivity contribution in [2.24, 2.45) is 0 Å². The second-order valence-corrected chi connectivity index (χ2v) is 4.97. The third-order valence-electron chi connectivity index (χ3n) is 3.63. The van der Waals surface area contributed by atoms with Crippen molar-refractivity contribution >= 4 is 21.8 Å². The van der Waals surface area contributed by atoms with Crippen LogP contribution in [0.3, 0.4) is 0 Å². The lowest BCUT2D eigenvalue weighted by atomic mass is 10.1. The average molecular weight is 287 g/mol. The Bertz CT molecular complexity index is 982. The van der Waals surface area contributed by atoms with E-state index in [1.165, 1.54) is 0 Å². The van der Waals surface area contributed by atoms with E-state index in [0.29, 0.717) is 5.88 Å². The highest BCUT2D eigenvalue weighted by Crippen LogP contribution is 2.25. The van der Waals surface area contributed by atoms with Crippen LogP contribution in [0.5, 0.6) is 5.88 Å². The van der Waals surface area contributed by atoms with Crippen molar-refractivity contribution in [3.63, 3.8) is 0 Å². The van der Waals surface area contributed by atoms with Gasteiger partial charge in [0.15, 0.2) is 0 Å². The number of hydrogen-bond acceptors (Lipinski definition) is 4. The molecule has 0 aliphatic carbocycles. The van der Waals surface area contributed by atoms with Gasteiger partial charge in [-0.15, -0.1) is 0 Å². The van der Waals surface area contributed by atoms with Crippen LogP contribution < -0.4 is 4.74 Å². The Labute approximate surface area is 127 Å². The summed E-state index contributed by atoms with van der Waals surface area (Å²) in [6.07, 6.45) is 1.79. The van der Waals surface area contributed by atoms with Crippen molar-refractivity contribution in [2.45, 2.75) is 0 Å². The van der Waals surface area contributed by atoms with Crippen molar-refractivity contribution in [3.05, 3.63) is 60.8 Å². The number of rotatable bonds is 2. The molecule has 0 atom stereocenters. The van der Waals surface area contributed by atoms with Crippen molar-refractivity contribution in [2.75, 3.05) is 7.11 Å². The lowest BCUT2D eigenvalue weighted by Crippen LogP contribution is -1.92. The van der Waals surface area contributed by atoms with Gasteiger partial charge in [-0.05, 0) is 18.2 Å². The van der Waals surface area contributed by atoms with E-state index in [1.54, 1.807) is 13.3 Å². The summed E-state index contributed by atoms with van der Waals surface area (Å²) < 4.78 is 5.18. The third kappa shape index (κ3) is 2.05. The highest BCUT2D eigenvalue weighted by atomic mass is 16.5. The number of ether oxygens (including phenoxy) is 1. The smallest absolute Gasteiger partial charge is 0.213 e. The van der Waals surface area contributed by atoms with Gasteiger partial charge in [-0.2, -0.15) is 0 Å². The van der Waals surface area contributed by atoms with Gasteiger partial charge in [0, 0.05) is 23.0 Å². The molecule has 0 aliphatic rings. The average Bonchev–Trinajstić information content (AvgIpc) is 2.61. The molecule has 4 nitrogen and oxygen atoms in total. The van der Waals surface area contributed by atoms with Crippen LogP contribution in [0.4, 0.5) is 0 Å². The van der Waals surface area contributed by atoms with E-state index in [-0.39, 0.29) is 0 Å². The predicted octanol–water partition coefficient (Wildman–Crippen LogP) is 3.85. The molecule has 0 amide bonds. The van der Waals surface area contributed by atoms with Gasteiger partial charge in [0.25, 0.3) is 0 Å². The van der Waals surface area contributed by atoms with E-state index >= 15 is 0 Å². The molecule has 0 unspecified atom stereocenters. The van der Waals surface area contributed by atoms with Gasteiger partial charge in [0.2, 0.25) is 5.88 Å². The topological polar surface area (TPSA) is 47.9 Å². The summed E-state index contributed by atoms with van der Waals surface area (Å²) in [5.41, 5.74) is 3.39. The van der Waals surface area contributed by atoms with Crippen molar-refractivity contribution in [3.8, 4) is 17.3 Å². The zero-order valence-electron chi connectivity index (χ0n) is 12.0. The van der Waals surface area contributed by atoms with E-state index < -0.39 is 0 Å². The monoisotopic (exact) mass is 287 g/mol. The number of fused-ring (bicyclic) bond motifs is 3. The fourth-order valence-corrected chi connectivity index (χ4v) is 2.54. The number of nitrogens with zero attached hydrogens (tertiary/aromatic N) is 3. The molecule has 1 aromatic carbocycles. The summed E-state index contributed by atoms with van der Waals surface area (Å²) in [5.74, 6) is 0.579. The summed E-state index contributed by atoms with van der Waals surface area (Å²) in [4.78, 5) is 13.7. The van der Waals surface area contributed by atoms with Gasteiger partial charge < -0.3 is 4.74 Å². The van der Waals surface area contributed by atoms with Gasteiger partial charge in [0.1, 0.15) is 0 Å². The molecule has 0 aliphatic heterocycles. The molecular formula is C18H13N3O. The molecule has 0 radical (unpaired) electrons. The third-order valence-corrected chi connectivity index (χ3v) is 3.63. The van der Waals surface area contributed by atoms with Gasteiger partial charge >= 0.3 is 0 Å². The van der Waals surface area contributed by atoms with Crippen LogP contribution in [0.15, 0.2) is 60.8 Å². The molecule has 0 bridgehead atoms. The molecule has 4 aromatic rings. The minimum atomic E-state index is 0.579. The molecule has 0 N–H and O–H groups in total. The number of hydrogen-bond donors (Lipinski definition) is 0. The molecule has 22 heavy (non-hydrogen) atoms. The molecule has 0 fully saturated rings. The predicted molar refractivity (Wildman–Crippen MR) is 86.8 cm³/mol. The number of benzene rings is 1. The number of aromatic nitrogens is 3. The molecule has 3 aromatic heterocycles. The van der Waals surface area contributed by atoms with Gasteiger partial charge in [0.05, 0.1) is 29.5 Å². The molecule has 0 saturated heterocycles. The second kappa shape index (κ2) is 5.07.